The van der Waals surface area contributed by atoms with Gasteiger partial charge in [0.2, 0.25) is 5.91 Å². The quantitative estimate of drug-likeness (QED) is 0.0322. The van der Waals surface area contributed by atoms with Crippen LogP contribution in [0.2, 0.25) is 0 Å². The molecule has 7 atom stereocenters. The average Bonchev–Trinajstić information content (AvgIpc) is 3.18. The molecule has 0 aromatic heterocycles. The number of carbonyl (C=O) groups excluding carboxylic acids is 1. The fraction of sp³-hybridized carbons (Fsp3) is 0.543. The van der Waals surface area contributed by atoms with Crippen molar-refractivity contribution in [1.29, 1.82) is 0 Å². The smallest absolute Gasteiger partial charge is 0.220 e. The molecule has 0 aromatic carbocycles. The minimum atomic E-state index is -1.59. The van der Waals surface area contributed by atoms with Crippen molar-refractivity contribution < 1.29 is 39.8 Å². The highest BCUT2D eigenvalue weighted by Crippen LogP contribution is 2.22. The van der Waals surface area contributed by atoms with Gasteiger partial charge in [-0.15, -0.1) is 0 Å². The number of nitrogens with one attached hydrogen (secondary N) is 1. The average molecular weight is 766 g/mol. The van der Waals surface area contributed by atoms with E-state index >= 15 is 0 Å². The summed E-state index contributed by atoms with van der Waals surface area (Å²) in [6.07, 6.45) is 45.6. The van der Waals surface area contributed by atoms with Gasteiger partial charge in [0.05, 0.1) is 25.4 Å². The molecule has 9 nitrogen and oxygen atoms in total. The molecule has 0 spiro atoms. The Bertz CT molecular complexity index is 1260. The van der Waals surface area contributed by atoms with Gasteiger partial charge in [-0.3, -0.25) is 4.79 Å². The van der Waals surface area contributed by atoms with E-state index in [9.17, 15) is 30.3 Å². The summed E-state index contributed by atoms with van der Waals surface area (Å²) in [5.74, 6) is -0.260. The van der Waals surface area contributed by atoms with Gasteiger partial charge in [0.15, 0.2) is 6.29 Å². The lowest BCUT2D eigenvalue weighted by atomic mass is 9.99. The molecule has 0 saturated carbocycles. The van der Waals surface area contributed by atoms with Crippen molar-refractivity contribution in [3.63, 3.8) is 0 Å². The second-order valence-electron chi connectivity index (χ2n) is 13.3. The van der Waals surface area contributed by atoms with Gasteiger partial charge in [-0.1, -0.05) is 128 Å². The Labute approximate surface area is 331 Å². The highest BCUT2D eigenvalue weighted by molar-refractivity contribution is 5.76. The monoisotopic (exact) mass is 766 g/mol. The molecule has 0 radical (unpaired) electrons. The lowest BCUT2D eigenvalue weighted by Gasteiger charge is -2.40. The molecule has 1 amide bonds. The molecular weight excluding hydrogens is 695 g/mol. The van der Waals surface area contributed by atoms with Crippen molar-refractivity contribution in [1.82, 2.24) is 5.32 Å². The zero-order valence-corrected chi connectivity index (χ0v) is 33.4. The van der Waals surface area contributed by atoms with Gasteiger partial charge in [-0.25, -0.2) is 0 Å². The van der Waals surface area contributed by atoms with Crippen LogP contribution in [0.1, 0.15) is 104 Å². The van der Waals surface area contributed by atoms with Gasteiger partial charge in [-0.2, -0.15) is 0 Å². The van der Waals surface area contributed by atoms with E-state index in [0.29, 0.717) is 12.8 Å². The maximum Gasteiger partial charge on any atom is 0.220 e. The van der Waals surface area contributed by atoms with E-state index in [1.165, 1.54) is 0 Å². The Morgan fingerprint density at radius 2 is 1.13 bits per heavy atom. The summed E-state index contributed by atoms with van der Waals surface area (Å²) in [6, 6.07) is -0.865. The normalized spacial score (nSPS) is 22.6. The fourth-order valence-corrected chi connectivity index (χ4v) is 5.36. The Hall–Kier alpha value is -3.41. The first-order valence-electron chi connectivity index (χ1n) is 20.2. The molecular formula is C46H71NO8. The Morgan fingerprint density at radius 3 is 1.64 bits per heavy atom. The Kier molecular flexibility index (Phi) is 31.6. The molecule has 1 fully saturated rings. The van der Waals surface area contributed by atoms with Gasteiger partial charge in [-0.05, 0) is 90.4 Å². The third-order valence-electron chi connectivity index (χ3n) is 8.59. The standard InChI is InChI=1S/C46H71NO8/c1-3-5-7-9-11-13-14-15-16-17-18-19-20-21-22-23-24-25-26-28-30-32-34-36-42(50)47-39(40(49)35-33-31-29-27-12-10-8-6-4-2)38-54-46-45(53)44(52)43(51)41(37-48)55-46/h4-7,11-13,15-16,18-19,21-22,24-25,27-28,30,33,35,39-41,43-46,48-49,51-53H,3,8-10,14,17,20,23,26,29,31-32,34,36-38H2,1-2H3,(H,47,50)/b6-4+,7-5-,13-11-,16-15-,19-18-,22-21-,25-24-,27-12+,30-28-,35-33+. The molecule has 0 bridgehead atoms. The number of hydrogen-bond donors (Lipinski definition) is 6. The van der Waals surface area contributed by atoms with E-state index in [-0.39, 0.29) is 18.9 Å². The van der Waals surface area contributed by atoms with Crippen LogP contribution < -0.4 is 5.32 Å². The number of hydrogen-bond acceptors (Lipinski definition) is 8. The van der Waals surface area contributed by atoms with Crippen LogP contribution in [0.3, 0.4) is 0 Å². The Balaban J connectivity index is 2.43. The molecule has 0 aliphatic carbocycles. The second kappa shape index (κ2) is 35.0. The Morgan fingerprint density at radius 1 is 0.655 bits per heavy atom. The molecule has 1 heterocycles. The van der Waals surface area contributed by atoms with Gasteiger partial charge in [0, 0.05) is 6.42 Å². The summed E-state index contributed by atoms with van der Waals surface area (Å²) in [5.41, 5.74) is 0. The zero-order valence-electron chi connectivity index (χ0n) is 33.4. The molecule has 7 unspecified atom stereocenters. The molecule has 55 heavy (non-hydrogen) atoms. The first-order valence-corrected chi connectivity index (χ1v) is 20.2. The number of allylic oxidation sites excluding steroid dienone is 19. The number of ether oxygens (including phenoxy) is 2. The molecule has 308 valence electrons. The second-order valence-corrected chi connectivity index (χ2v) is 13.3. The van der Waals surface area contributed by atoms with Gasteiger partial charge in [0.25, 0.3) is 0 Å². The van der Waals surface area contributed by atoms with E-state index in [0.717, 1.165) is 70.6 Å². The van der Waals surface area contributed by atoms with Crippen molar-refractivity contribution in [3.05, 3.63) is 122 Å². The number of rotatable bonds is 30. The number of unbranched alkanes of at least 4 members (excludes halogenated alkanes) is 3. The summed E-state index contributed by atoms with van der Waals surface area (Å²) in [7, 11) is 0. The molecule has 1 rings (SSSR count). The fourth-order valence-electron chi connectivity index (χ4n) is 5.36. The minimum absolute atomic E-state index is 0.239. The maximum atomic E-state index is 12.9. The van der Waals surface area contributed by atoms with Crippen molar-refractivity contribution >= 4 is 5.91 Å². The highest BCUT2D eigenvalue weighted by Gasteiger charge is 2.44. The summed E-state index contributed by atoms with van der Waals surface area (Å²) in [6.45, 7) is 3.32. The van der Waals surface area contributed by atoms with Crippen LogP contribution >= 0.6 is 0 Å². The largest absolute Gasteiger partial charge is 0.394 e. The van der Waals surface area contributed by atoms with Crippen LogP contribution in [0.25, 0.3) is 0 Å². The van der Waals surface area contributed by atoms with E-state index in [4.69, 9.17) is 9.47 Å². The number of aliphatic hydroxyl groups is 5. The predicted molar refractivity (Wildman–Crippen MR) is 225 cm³/mol. The molecule has 1 aliphatic rings. The highest BCUT2D eigenvalue weighted by atomic mass is 16.7. The third kappa shape index (κ3) is 26.1. The summed E-state index contributed by atoms with van der Waals surface area (Å²) in [4.78, 5) is 12.9. The number of carbonyl (C=O) groups is 1. The van der Waals surface area contributed by atoms with E-state index in [2.05, 4.69) is 116 Å². The first kappa shape index (κ1) is 49.6. The van der Waals surface area contributed by atoms with Crippen LogP contribution in [-0.2, 0) is 14.3 Å². The lowest BCUT2D eigenvalue weighted by molar-refractivity contribution is -0.302. The molecule has 1 saturated heterocycles. The zero-order chi connectivity index (χ0) is 40.2. The van der Waals surface area contributed by atoms with E-state index in [1.54, 1.807) is 6.08 Å². The van der Waals surface area contributed by atoms with Crippen LogP contribution in [0.5, 0.6) is 0 Å². The minimum Gasteiger partial charge on any atom is -0.394 e. The van der Waals surface area contributed by atoms with Crippen LogP contribution in [0.4, 0.5) is 0 Å². The SMILES string of the molecule is C/C=C/CC/C=C/CC/C=C/C(O)C(COC1OC(CO)C(O)C(O)C1O)NC(=O)CCC/C=C\C/C=C\C/C=C\C/C=C\C/C=C\C/C=C\C/C=C\CC. The van der Waals surface area contributed by atoms with Crippen LogP contribution in [-0.4, -0.2) is 87.5 Å². The van der Waals surface area contributed by atoms with E-state index in [1.807, 2.05) is 19.1 Å². The van der Waals surface area contributed by atoms with Gasteiger partial charge < -0.3 is 40.3 Å². The summed E-state index contributed by atoms with van der Waals surface area (Å²) in [5, 5.41) is 53.8. The van der Waals surface area contributed by atoms with E-state index < -0.39 is 49.5 Å². The molecule has 6 N–H and O–H groups in total. The van der Waals surface area contributed by atoms with Crippen LogP contribution in [0.15, 0.2) is 122 Å². The predicted octanol–water partition coefficient (Wildman–Crippen LogP) is 7.71. The maximum absolute atomic E-state index is 12.9. The molecule has 0 aromatic rings. The van der Waals surface area contributed by atoms with Crippen molar-refractivity contribution in [2.75, 3.05) is 13.2 Å². The molecule has 9 heteroatoms. The third-order valence-corrected chi connectivity index (χ3v) is 8.59. The van der Waals surface area contributed by atoms with Crippen molar-refractivity contribution in [2.45, 2.75) is 147 Å². The lowest BCUT2D eigenvalue weighted by Crippen LogP contribution is -2.60. The number of amides is 1. The van der Waals surface area contributed by atoms with Crippen LogP contribution in [0, 0.1) is 0 Å². The van der Waals surface area contributed by atoms with Gasteiger partial charge >= 0.3 is 0 Å². The summed E-state index contributed by atoms with van der Waals surface area (Å²) < 4.78 is 11.1. The first-order chi connectivity index (χ1) is 26.8. The van der Waals surface area contributed by atoms with Crippen molar-refractivity contribution in [3.8, 4) is 0 Å². The topological polar surface area (TPSA) is 149 Å². The molecule has 1 aliphatic heterocycles. The summed E-state index contributed by atoms with van der Waals surface area (Å²) >= 11 is 0. The van der Waals surface area contributed by atoms with Crippen molar-refractivity contribution in [2.24, 2.45) is 0 Å². The number of aliphatic hydroxyl groups excluding tert-OH is 5. The van der Waals surface area contributed by atoms with Gasteiger partial charge in [0.1, 0.15) is 24.4 Å².